The van der Waals surface area contributed by atoms with E-state index < -0.39 is 11.6 Å². The highest BCUT2D eigenvalue weighted by Crippen LogP contribution is 2.30. The Morgan fingerprint density at radius 3 is 2.37 bits per heavy atom. The van der Waals surface area contributed by atoms with Crippen molar-refractivity contribution in [2.24, 2.45) is 0 Å². The van der Waals surface area contributed by atoms with Gasteiger partial charge in [0.15, 0.2) is 0 Å². The lowest BCUT2D eigenvalue weighted by molar-refractivity contribution is 0.0735. The molecule has 0 N–H and O–H groups in total. The molecule has 150 valence electrons. The third-order valence-electron chi connectivity index (χ3n) is 4.82. The molecule has 0 unspecified atom stereocenters. The zero-order valence-corrected chi connectivity index (χ0v) is 17.0. The molecule has 6 heteroatoms. The van der Waals surface area contributed by atoms with Crippen LogP contribution in [0.15, 0.2) is 75.9 Å². The molecular weight excluding hydrogens is 404 g/mol. The standard InChI is InChI=1S/C24H17ClO5/c1-14-18-12-11-17(29-23(26)19-5-3-4-6-20(19)25)13-21(18)30-24(27)22(14)15-7-9-16(28-2)10-8-15/h3-13H,1-2H3. The van der Waals surface area contributed by atoms with Gasteiger partial charge < -0.3 is 13.9 Å². The molecule has 0 aliphatic carbocycles. The minimum atomic E-state index is -0.589. The molecule has 0 fully saturated rings. The third-order valence-corrected chi connectivity index (χ3v) is 5.15. The van der Waals surface area contributed by atoms with Crippen LogP contribution in [-0.4, -0.2) is 13.1 Å². The summed E-state index contributed by atoms with van der Waals surface area (Å²) >= 11 is 6.05. The molecule has 0 saturated heterocycles. The summed E-state index contributed by atoms with van der Waals surface area (Å²) in [7, 11) is 1.58. The van der Waals surface area contributed by atoms with Crippen LogP contribution in [0.5, 0.6) is 11.5 Å². The number of fused-ring (bicyclic) bond motifs is 1. The lowest BCUT2D eigenvalue weighted by Crippen LogP contribution is -2.09. The molecule has 0 spiro atoms. The monoisotopic (exact) mass is 420 g/mol. The van der Waals surface area contributed by atoms with Crippen molar-refractivity contribution < 1.29 is 18.7 Å². The molecule has 0 atom stereocenters. The second kappa shape index (κ2) is 8.05. The number of methoxy groups -OCH3 is 1. The fourth-order valence-electron chi connectivity index (χ4n) is 3.28. The average molecular weight is 421 g/mol. The third kappa shape index (κ3) is 3.67. The summed E-state index contributed by atoms with van der Waals surface area (Å²) in [5.41, 5.74) is 2.10. The molecule has 30 heavy (non-hydrogen) atoms. The normalized spacial score (nSPS) is 10.8. The minimum absolute atomic E-state index is 0.256. The molecule has 4 aromatic rings. The maximum absolute atomic E-state index is 12.7. The summed E-state index contributed by atoms with van der Waals surface area (Å²) < 4.78 is 16.1. The van der Waals surface area contributed by atoms with E-state index in [9.17, 15) is 9.59 Å². The molecule has 0 aliphatic rings. The van der Waals surface area contributed by atoms with Crippen LogP contribution in [-0.2, 0) is 0 Å². The molecule has 0 aliphatic heterocycles. The first kappa shape index (κ1) is 19.7. The van der Waals surface area contributed by atoms with Crippen molar-refractivity contribution in [3.63, 3.8) is 0 Å². The van der Waals surface area contributed by atoms with E-state index in [2.05, 4.69) is 0 Å². The van der Waals surface area contributed by atoms with E-state index in [0.29, 0.717) is 21.9 Å². The Kier molecular flexibility index (Phi) is 5.29. The Bertz CT molecular complexity index is 1310. The number of carbonyl (C=O) groups excluding carboxylic acids is 1. The van der Waals surface area contributed by atoms with Gasteiger partial charge in [-0.05, 0) is 54.4 Å². The molecule has 4 rings (SSSR count). The fourth-order valence-corrected chi connectivity index (χ4v) is 3.49. The minimum Gasteiger partial charge on any atom is -0.497 e. The zero-order valence-electron chi connectivity index (χ0n) is 16.3. The molecule has 0 bridgehead atoms. The summed E-state index contributed by atoms with van der Waals surface area (Å²) in [6.07, 6.45) is 0. The van der Waals surface area contributed by atoms with Crippen molar-refractivity contribution in [2.45, 2.75) is 6.92 Å². The van der Waals surface area contributed by atoms with Crippen LogP contribution in [0.2, 0.25) is 5.02 Å². The van der Waals surface area contributed by atoms with Crippen LogP contribution in [0.1, 0.15) is 15.9 Å². The lowest BCUT2D eigenvalue weighted by Gasteiger charge is -2.10. The van der Waals surface area contributed by atoms with Crippen LogP contribution >= 0.6 is 11.6 Å². The van der Waals surface area contributed by atoms with Crippen LogP contribution in [0.4, 0.5) is 0 Å². The van der Waals surface area contributed by atoms with Crippen LogP contribution in [0.3, 0.4) is 0 Å². The Hall–Kier alpha value is -3.57. The van der Waals surface area contributed by atoms with Gasteiger partial charge in [0, 0.05) is 11.5 Å². The second-order valence-corrected chi connectivity index (χ2v) is 7.05. The van der Waals surface area contributed by atoms with Gasteiger partial charge in [0.25, 0.3) is 0 Å². The largest absolute Gasteiger partial charge is 0.497 e. The zero-order chi connectivity index (χ0) is 21.3. The van der Waals surface area contributed by atoms with E-state index in [1.807, 2.05) is 19.1 Å². The van der Waals surface area contributed by atoms with Gasteiger partial charge >= 0.3 is 11.6 Å². The topological polar surface area (TPSA) is 65.7 Å². The highest BCUT2D eigenvalue weighted by molar-refractivity contribution is 6.33. The summed E-state index contributed by atoms with van der Waals surface area (Å²) in [5, 5.41) is 1.05. The van der Waals surface area contributed by atoms with Gasteiger partial charge in [0.2, 0.25) is 0 Å². The van der Waals surface area contributed by atoms with Crippen molar-refractivity contribution in [3.8, 4) is 22.6 Å². The SMILES string of the molecule is COc1ccc(-c2c(C)c3ccc(OC(=O)c4ccccc4Cl)cc3oc2=O)cc1. The van der Waals surface area contributed by atoms with E-state index in [0.717, 1.165) is 16.5 Å². The van der Waals surface area contributed by atoms with E-state index >= 15 is 0 Å². The molecule has 0 amide bonds. The van der Waals surface area contributed by atoms with E-state index in [-0.39, 0.29) is 11.3 Å². The lowest BCUT2D eigenvalue weighted by atomic mass is 9.99. The number of halogens is 1. The van der Waals surface area contributed by atoms with E-state index in [1.54, 1.807) is 55.6 Å². The van der Waals surface area contributed by atoms with Crippen molar-refractivity contribution in [3.05, 3.63) is 93.3 Å². The number of ether oxygens (including phenoxy) is 2. The highest BCUT2D eigenvalue weighted by atomic mass is 35.5. The quantitative estimate of drug-likeness (QED) is 0.242. The van der Waals surface area contributed by atoms with Crippen LogP contribution < -0.4 is 15.1 Å². The number of carbonyl (C=O) groups is 1. The number of esters is 1. The van der Waals surface area contributed by atoms with Gasteiger partial charge in [0.1, 0.15) is 17.1 Å². The first-order valence-corrected chi connectivity index (χ1v) is 9.54. The Balaban J connectivity index is 1.71. The first-order chi connectivity index (χ1) is 14.5. The molecular formula is C24H17ClO5. The average Bonchev–Trinajstić information content (AvgIpc) is 2.74. The predicted octanol–water partition coefficient (Wildman–Crippen LogP) is 5.65. The Morgan fingerprint density at radius 2 is 1.67 bits per heavy atom. The number of rotatable bonds is 4. The maximum atomic E-state index is 12.7. The summed E-state index contributed by atoms with van der Waals surface area (Å²) in [4.78, 5) is 25.1. The summed E-state index contributed by atoms with van der Waals surface area (Å²) in [5.74, 6) is 0.368. The van der Waals surface area contributed by atoms with Gasteiger partial charge in [-0.25, -0.2) is 9.59 Å². The fraction of sp³-hybridized carbons (Fsp3) is 0.0833. The van der Waals surface area contributed by atoms with Gasteiger partial charge in [0.05, 0.1) is 23.3 Å². The maximum Gasteiger partial charge on any atom is 0.345 e. The molecule has 5 nitrogen and oxygen atoms in total. The van der Waals surface area contributed by atoms with Crippen molar-refractivity contribution in [2.75, 3.05) is 7.11 Å². The predicted molar refractivity (Wildman–Crippen MR) is 116 cm³/mol. The van der Waals surface area contributed by atoms with Gasteiger partial charge in [-0.15, -0.1) is 0 Å². The van der Waals surface area contributed by atoms with Gasteiger partial charge in [-0.2, -0.15) is 0 Å². The second-order valence-electron chi connectivity index (χ2n) is 6.65. The van der Waals surface area contributed by atoms with Gasteiger partial charge in [-0.3, -0.25) is 0 Å². The molecule has 1 aromatic heterocycles. The van der Waals surface area contributed by atoms with Crippen molar-refractivity contribution >= 4 is 28.5 Å². The summed E-state index contributed by atoms with van der Waals surface area (Å²) in [6, 6.07) is 18.8. The van der Waals surface area contributed by atoms with Crippen LogP contribution in [0, 0.1) is 6.92 Å². The molecule has 3 aromatic carbocycles. The van der Waals surface area contributed by atoms with Gasteiger partial charge in [-0.1, -0.05) is 35.9 Å². The molecule has 1 heterocycles. The van der Waals surface area contributed by atoms with Crippen molar-refractivity contribution in [1.82, 2.24) is 0 Å². The molecule has 0 saturated carbocycles. The smallest absolute Gasteiger partial charge is 0.345 e. The Labute approximate surface area is 177 Å². The first-order valence-electron chi connectivity index (χ1n) is 9.16. The summed E-state index contributed by atoms with van der Waals surface area (Å²) in [6.45, 7) is 1.86. The highest BCUT2D eigenvalue weighted by Gasteiger charge is 2.16. The van der Waals surface area contributed by atoms with E-state index in [1.165, 1.54) is 6.07 Å². The van der Waals surface area contributed by atoms with E-state index in [4.69, 9.17) is 25.5 Å². The number of hydrogen-bond donors (Lipinski definition) is 0. The van der Waals surface area contributed by atoms with Crippen LogP contribution in [0.25, 0.3) is 22.1 Å². The number of hydrogen-bond acceptors (Lipinski definition) is 5. The van der Waals surface area contributed by atoms with Crippen molar-refractivity contribution in [1.29, 1.82) is 0 Å². The number of aryl methyl sites for hydroxylation is 1. The Morgan fingerprint density at radius 1 is 0.967 bits per heavy atom. The molecule has 0 radical (unpaired) electrons. The number of benzene rings is 3.